The normalized spacial score (nSPS) is 14.3. The van der Waals surface area contributed by atoms with Crippen LogP contribution in [0.25, 0.3) is 10.9 Å². The number of benzene rings is 1. The van der Waals surface area contributed by atoms with Gasteiger partial charge in [-0.1, -0.05) is 15.9 Å². The molecule has 9 heteroatoms. The number of aromatic nitrogens is 2. The highest BCUT2D eigenvalue weighted by Crippen LogP contribution is 2.25. The first-order chi connectivity index (χ1) is 12.1. The number of furan rings is 1. The van der Waals surface area contributed by atoms with E-state index >= 15 is 0 Å². The van der Waals surface area contributed by atoms with Gasteiger partial charge >= 0.3 is 0 Å². The minimum Gasteiger partial charge on any atom is -1.00 e. The summed E-state index contributed by atoms with van der Waals surface area (Å²) in [5.74, 6) is 1.33. The van der Waals surface area contributed by atoms with E-state index in [1.807, 2.05) is 23.1 Å². The molecule has 1 fully saturated rings. The van der Waals surface area contributed by atoms with Gasteiger partial charge in [-0.3, -0.25) is 4.79 Å². The first kappa shape index (κ1) is 18.5. The summed E-state index contributed by atoms with van der Waals surface area (Å²) in [4.78, 5) is 25.2. The number of nitrogens with two attached hydrogens (primary N) is 1. The van der Waals surface area contributed by atoms with Crippen LogP contribution in [-0.4, -0.2) is 47.0 Å². The van der Waals surface area contributed by atoms with Crippen LogP contribution >= 0.6 is 15.9 Å². The monoisotopic (exact) mass is 436 g/mol. The van der Waals surface area contributed by atoms with E-state index in [4.69, 9.17) is 10.2 Å². The molecule has 0 bridgehead atoms. The highest BCUT2D eigenvalue weighted by Gasteiger charge is 2.25. The molecule has 0 aliphatic carbocycles. The average Bonchev–Trinajstić information content (AvgIpc) is 3.16. The topological polar surface area (TPSA) is 88.5 Å². The molecule has 136 valence electrons. The van der Waals surface area contributed by atoms with Crippen molar-refractivity contribution in [1.82, 2.24) is 14.9 Å². The third kappa shape index (κ3) is 3.47. The molecule has 1 aliphatic rings. The lowest BCUT2D eigenvalue weighted by molar-refractivity contribution is -0.0000148. The summed E-state index contributed by atoms with van der Waals surface area (Å²) in [5.41, 5.74) is 6.90. The largest absolute Gasteiger partial charge is 1.00 e. The Morgan fingerprint density at radius 1 is 1.15 bits per heavy atom. The first-order valence-corrected chi connectivity index (χ1v) is 8.71. The number of amides is 1. The minimum atomic E-state index is -0.0894. The number of hydrogen-bond acceptors (Lipinski definition) is 6. The van der Waals surface area contributed by atoms with Crippen LogP contribution in [0.3, 0.4) is 0 Å². The van der Waals surface area contributed by atoms with Crippen LogP contribution in [0.5, 0.6) is 0 Å². The van der Waals surface area contributed by atoms with Crippen molar-refractivity contribution in [2.24, 2.45) is 0 Å². The fraction of sp³-hybridized carbons (Fsp3) is 0.235. The molecule has 1 amide bonds. The molecule has 7 nitrogen and oxygen atoms in total. The van der Waals surface area contributed by atoms with Crippen molar-refractivity contribution in [2.75, 3.05) is 36.8 Å². The molecule has 1 aliphatic heterocycles. The molecule has 2 N–H and O–H groups in total. The van der Waals surface area contributed by atoms with Gasteiger partial charge in [-0.2, -0.15) is 4.98 Å². The summed E-state index contributed by atoms with van der Waals surface area (Å²) in [7, 11) is 0. The quantitative estimate of drug-likeness (QED) is 0.583. The van der Waals surface area contributed by atoms with Gasteiger partial charge in [-0.05, 0) is 30.3 Å². The Kier molecular flexibility index (Phi) is 5.33. The number of nitrogens with zero attached hydrogens (tertiary/aromatic N) is 4. The molecular weight excluding hydrogens is 422 g/mol. The van der Waals surface area contributed by atoms with E-state index in [-0.39, 0.29) is 18.3 Å². The van der Waals surface area contributed by atoms with E-state index in [0.29, 0.717) is 43.7 Å². The van der Waals surface area contributed by atoms with Gasteiger partial charge in [-0.25, -0.2) is 4.98 Å². The molecule has 4 rings (SSSR count). The molecule has 0 saturated carbocycles. The second-order valence-electron chi connectivity index (χ2n) is 5.83. The predicted molar refractivity (Wildman–Crippen MR) is 98.5 cm³/mol. The molecule has 26 heavy (non-hydrogen) atoms. The van der Waals surface area contributed by atoms with Crippen LogP contribution in [0.1, 0.15) is 10.6 Å². The number of carbonyl (C=O) groups excluding carboxylic acids is 1. The fourth-order valence-corrected chi connectivity index (χ4v) is 3.28. The maximum atomic E-state index is 12.3. The van der Waals surface area contributed by atoms with Crippen LogP contribution in [-0.2, 0) is 0 Å². The standard InChI is InChI=1S/C17H16BrN5O2.ClH/c18-11-3-4-13-12(10-11)15(19)21-17(20-13)23-7-5-22(6-8-23)16(24)14-2-1-9-25-14;/h1-4,9-10H,5-8H2,(H2,19,20,21);1H/p-1. The number of hydrogen-bond donors (Lipinski definition) is 1. The van der Waals surface area contributed by atoms with E-state index in [0.717, 1.165) is 15.4 Å². The van der Waals surface area contributed by atoms with Gasteiger partial charge in [0.25, 0.3) is 5.91 Å². The van der Waals surface area contributed by atoms with Gasteiger partial charge in [0, 0.05) is 36.0 Å². The number of anilines is 2. The molecule has 3 aromatic rings. The number of rotatable bonds is 2. The zero-order chi connectivity index (χ0) is 17.4. The number of piperazine rings is 1. The zero-order valence-electron chi connectivity index (χ0n) is 13.7. The van der Waals surface area contributed by atoms with Crippen molar-refractivity contribution < 1.29 is 21.6 Å². The van der Waals surface area contributed by atoms with Crippen molar-refractivity contribution in [3.63, 3.8) is 0 Å². The van der Waals surface area contributed by atoms with Crippen LogP contribution in [0.4, 0.5) is 11.8 Å². The molecule has 0 atom stereocenters. The van der Waals surface area contributed by atoms with E-state index in [9.17, 15) is 4.79 Å². The molecule has 0 radical (unpaired) electrons. The van der Waals surface area contributed by atoms with Crippen molar-refractivity contribution in [1.29, 1.82) is 0 Å². The minimum absolute atomic E-state index is 0. The van der Waals surface area contributed by atoms with E-state index in [1.165, 1.54) is 6.26 Å². The van der Waals surface area contributed by atoms with Crippen LogP contribution in [0.2, 0.25) is 0 Å². The Morgan fingerprint density at radius 2 is 1.92 bits per heavy atom. The van der Waals surface area contributed by atoms with E-state index in [1.54, 1.807) is 17.0 Å². The lowest BCUT2D eigenvalue weighted by atomic mass is 10.2. The summed E-state index contributed by atoms with van der Waals surface area (Å²) >= 11 is 3.43. The summed E-state index contributed by atoms with van der Waals surface area (Å²) in [6, 6.07) is 9.15. The molecule has 1 aromatic carbocycles. The first-order valence-electron chi connectivity index (χ1n) is 7.92. The maximum Gasteiger partial charge on any atom is 0.289 e. The molecule has 1 saturated heterocycles. The highest BCUT2D eigenvalue weighted by molar-refractivity contribution is 9.10. The predicted octanol–water partition coefficient (Wildman–Crippen LogP) is -0.466. The van der Waals surface area contributed by atoms with Crippen LogP contribution in [0, 0.1) is 0 Å². The Morgan fingerprint density at radius 3 is 2.62 bits per heavy atom. The molecule has 3 heterocycles. The number of carbonyl (C=O) groups is 1. The van der Waals surface area contributed by atoms with Gasteiger partial charge in [0.2, 0.25) is 5.95 Å². The third-order valence-corrected chi connectivity index (χ3v) is 4.75. The lowest BCUT2D eigenvalue weighted by Crippen LogP contribution is -3.00. The van der Waals surface area contributed by atoms with Gasteiger partial charge in [0.15, 0.2) is 5.76 Å². The summed E-state index contributed by atoms with van der Waals surface area (Å²) in [6.45, 7) is 2.46. The Bertz CT molecular complexity index is 926. The van der Waals surface area contributed by atoms with Gasteiger partial charge < -0.3 is 32.4 Å². The second kappa shape index (κ2) is 7.51. The lowest BCUT2D eigenvalue weighted by Gasteiger charge is -2.34. The smallest absolute Gasteiger partial charge is 0.289 e. The van der Waals surface area contributed by atoms with E-state index in [2.05, 4.69) is 25.9 Å². The number of nitrogen functional groups attached to an aromatic ring is 1. The summed E-state index contributed by atoms with van der Waals surface area (Å²) in [6.07, 6.45) is 1.51. The Hall–Kier alpha value is -2.32. The number of halogens is 2. The SMILES string of the molecule is Nc1nc(N2CCN(C(=O)c3ccco3)CC2)nc2ccc(Br)cc12.[Cl-]. The third-order valence-electron chi connectivity index (χ3n) is 4.26. The van der Waals surface area contributed by atoms with Gasteiger partial charge in [0.1, 0.15) is 5.82 Å². The second-order valence-corrected chi connectivity index (χ2v) is 6.74. The summed E-state index contributed by atoms with van der Waals surface area (Å²) < 4.78 is 6.12. The zero-order valence-corrected chi connectivity index (χ0v) is 16.1. The van der Waals surface area contributed by atoms with Crippen molar-refractivity contribution in [3.05, 3.63) is 46.8 Å². The van der Waals surface area contributed by atoms with Crippen molar-refractivity contribution in [2.45, 2.75) is 0 Å². The molecule has 0 spiro atoms. The van der Waals surface area contributed by atoms with Crippen molar-refractivity contribution >= 4 is 44.5 Å². The van der Waals surface area contributed by atoms with Crippen LogP contribution < -0.4 is 23.0 Å². The van der Waals surface area contributed by atoms with Crippen LogP contribution in [0.15, 0.2) is 45.5 Å². The molecule has 2 aromatic heterocycles. The Balaban J connectivity index is 0.00000196. The van der Waals surface area contributed by atoms with Gasteiger partial charge in [0.05, 0.1) is 11.8 Å². The highest BCUT2D eigenvalue weighted by atomic mass is 79.9. The average molecular weight is 438 g/mol. The van der Waals surface area contributed by atoms with Crippen molar-refractivity contribution in [3.8, 4) is 0 Å². The summed E-state index contributed by atoms with van der Waals surface area (Å²) in [5, 5.41) is 0.824. The van der Waals surface area contributed by atoms with E-state index < -0.39 is 0 Å². The fourth-order valence-electron chi connectivity index (χ4n) is 2.92. The Labute approximate surface area is 164 Å². The van der Waals surface area contributed by atoms with Gasteiger partial charge in [-0.15, -0.1) is 0 Å². The molecule has 0 unspecified atom stereocenters. The molecular formula is C17H16BrClN5O2-. The maximum absolute atomic E-state index is 12.3. The number of fused-ring (bicyclic) bond motifs is 1.